The van der Waals surface area contributed by atoms with Crippen LogP contribution < -0.4 is 0 Å². The van der Waals surface area contributed by atoms with Crippen LogP contribution in [0.3, 0.4) is 0 Å². The first kappa shape index (κ1) is 31.0. The van der Waals surface area contributed by atoms with E-state index in [1.54, 1.807) is 0 Å². The Bertz CT molecular complexity index is 3360. The van der Waals surface area contributed by atoms with Gasteiger partial charge in [0.2, 0.25) is 0 Å². The average Bonchev–Trinajstić information content (AvgIpc) is 3.84. The van der Waals surface area contributed by atoms with E-state index in [0.717, 1.165) is 55.0 Å². The van der Waals surface area contributed by atoms with Crippen LogP contribution in [0.25, 0.3) is 121 Å². The summed E-state index contributed by atoms with van der Waals surface area (Å²) in [6.45, 7) is 0. The highest BCUT2D eigenvalue weighted by Gasteiger charge is 2.20. The molecule has 0 radical (unpaired) electrons. The van der Waals surface area contributed by atoms with Crippen LogP contribution in [0.4, 0.5) is 0 Å². The molecule has 2 heteroatoms. The van der Waals surface area contributed by atoms with E-state index in [1.165, 1.54) is 65.7 Å². The largest absolute Gasteiger partial charge is 0.456 e. The lowest BCUT2D eigenvalue weighted by molar-refractivity contribution is 0.668. The maximum Gasteiger partial charge on any atom is 0.136 e. The van der Waals surface area contributed by atoms with Crippen molar-refractivity contribution in [1.29, 1.82) is 0 Å². The molecule has 2 aromatic heterocycles. The highest BCUT2D eigenvalue weighted by Crippen LogP contribution is 2.47. The van der Waals surface area contributed by atoms with Crippen molar-refractivity contribution in [3.05, 3.63) is 194 Å². The number of furan rings is 2. The molecular weight excluding hydrogens is 681 g/mol. The van der Waals surface area contributed by atoms with Crippen molar-refractivity contribution >= 4 is 76.2 Å². The Labute approximate surface area is 322 Å². The Morgan fingerprint density at radius 3 is 1.32 bits per heavy atom. The second-order valence-corrected chi connectivity index (χ2v) is 14.7. The smallest absolute Gasteiger partial charge is 0.136 e. The highest BCUT2D eigenvalue weighted by molar-refractivity contribution is 6.24. The molecule has 12 aromatic rings. The number of rotatable bonds is 4. The molecule has 0 bridgehead atoms. The molecule has 0 amide bonds. The van der Waals surface area contributed by atoms with Crippen LogP contribution in [0, 0.1) is 0 Å². The van der Waals surface area contributed by atoms with Crippen LogP contribution in [0.1, 0.15) is 0 Å². The number of hydrogen-bond donors (Lipinski definition) is 0. The highest BCUT2D eigenvalue weighted by atomic mass is 16.3. The maximum absolute atomic E-state index is 6.41. The minimum Gasteiger partial charge on any atom is -0.456 e. The molecule has 260 valence electrons. The molecule has 56 heavy (non-hydrogen) atoms. The van der Waals surface area contributed by atoms with Gasteiger partial charge in [-0.2, -0.15) is 0 Å². The molecule has 2 nitrogen and oxygen atoms in total. The Balaban J connectivity index is 1.20. The number of fused-ring (bicyclic) bond motifs is 9. The lowest BCUT2D eigenvalue weighted by Crippen LogP contribution is -1.91. The molecule has 0 saturated carbocycles. The fourth-order valence-electron chi connectivity index (χ4n) is 9.16. The first-order valence-corrected chi connectivity index (χ1v) is 19.2. The van der Waals surface area contributed by atoms with E-state index in [-0.39, 0.29) is 0 Å². The number of para-hydroxylation sites is 2. The third-order valence-corrected chi connectivity index (χ3v) is 11.7. The van der Waals surface area contributed by atoms with Gasteiger partial charge in [0.1, 0.15) is 22.3 Å². The second-order valence-electron chi connectivity index (χ2n) is 14.7. The average molecular weight is 713 g/mol. The van der Waals surface area contributed by atoms with Gasteiger partial charge < -0.3 is 8.83 Å². The third kappa shape index (κ3) is 4.63. The minimum atomic E-state index is 0.893. The summed E-state index contributed by atoms with van der Waals surface area (Å²) >= 11 is 0. The van der Waals surface area contributed by atoms with Crippen LogP contribution in [0.2, 0.25) is 0 Å². The molecule has 10 aromatic carbocycles. The van der Waals surface area contributed by atoms with Gasteiger partial charge in [-0.3, -0.25) is 0 Å². The standard InChI is InChI=1S/C54H32O2/c1-2-12-33(13-3-1)35-28-26-34-27-29-36(31-37(34)30-35)52-42-18-8-16-38(40-20-10-24-50-53(40)44-14-4-6-22-48(44)55-50)46(42)32-47-39(17-9-19-43(47)52)41-21-11-25-51-54(41)45-15-5-7-23-49(45)56-51/h1-32H. The van der Waals surface area contributed by atoms with Crippen LogP contribution >= 0.6 is 0 Å². The van der Waals surface area contributed by atoms with Crippen molar-refractivity contribution in [2.75, 3.05) is 0 Å². The van der Waals surface area contributed by atoms with Gasteiger partial charge in [0.25, 0.3) is 0 Å². The van der Waals surface area contributed by atoms with Crippen molar-refractivity contribution in [2.24, 2.45) is 0 Å². The van der Waals surface area contributed by atoms with Crippen LogP contribution in [0.15, 0.2) is 203 Å². The lowest BCUT2D eigenvalue weighted by atomic mass is 9.85. The van der Waals surface area contributed by atoms with Crippen LogP contribution in [-0.4, -0.2) is 0 Å². The molecule has 0 saturated heterocycles. The summed E-state index contributed by atoms with van der Waals surface area (Å²) in [4.78, 5) is 0. The van der Waals surface area contributed by atoms with E-state index >= 15 is 0 Å². The van der Waals surface area contributed by atoms with Crippen molar-refractivity contribution in [2.45, 2.75) is 0 Å². The normalized spacial score (nSPS) is 11.9. The fraction of sp³-hybridized carbons (Fsp3) is 0. The first-order chi connectivity index (χ1) is 27.8. The summed E-state index contributed by atoms with van der Waals surface area (Å²) in [6, 6.07) is 70.0. The quantitative estimate of drug-likeness (QED) is 0.170. The first-order valence-electron chi connectivity index (χ1n) is 19.2. The Hall–Kier alpha value is -7.42. The zero-order valence-corrected chi connectivity index (χ0v) is 30.3. The van der Waals surface area contributed by atoms with E-state index in [2.05, 4.69) is 182 Å². The van der Waals surface area contributed by atoms with Gasteiger partial charge in [-0.1, -0.05) is 152 Å². The van der Waals surface area contributed by atoms with Gasteiger partial charge in [-0.25, -0.2) is 0 Å². The Kier molecular flexibility index (Phi) is 6.66. The van der Waals surface area contributed by atoms with Gasteiger partial charge in [0, 0.05) is 21.5 Å². The molecule has 0 aliphatic rings. The molecule has 0 spiro atoms. The SMILES string of the molecule is c1ccc(-c2ccc3ccc(-c4c5cccc(-c6cccc7oc8ccccc8c67)c5cc5c(-c6cccc7oc8ccccc8c67)cccc45)cc3c2)cc1. The summed E-state index contributed by atoms with van der Waals surface area (Å²) < 4.78 is 12.8. The molecular formula is C54H32O2. The number of hydrogen-bond acceptors (Lipinski definition) is 2. The van der Waals surface area contributed by atoms with E-state index in [9.17, 15) is 0 Å². The molecule has 12 rings (SSSR count). The third-order valence-electron chi connectivity index (χ3n) is 11.7. The Morgan fingerprint density at radius 2 is 0.714 bits per heavy atom. The van der Waals surface area contributed by atoms with E-state index in [4.69, 9.17) is 8.83 Å². The van der Waals surface area contributed by atoms with Gasteiger partial charge in [0.05, 0.1) is 0 Å². The summed E-state index contributed by atoms with van der Waals surface area (Å²) in [5.74, 6) is 0. The molecule has 0 aliphatic heterocycles. The Morgan fingerprint density at radius 1 is 0.250 bits per heavy atom. The van der Waals surface area contributed by atoms with Gasteiger partial charge in [-0.05, 0) is 119 Å². The van der Waals surface area contributed by atoms with Crippen molar-refractivity contribution in [3.63, 3.8) is 0 Å². The number of benzene rings is 10. The van der Waals surface area contributed by atoms with Crippen molar-refractivity contribution < 1.29 is 8.83 Å². The van der Waals surface area contributed by atoms with Gasteiger partial charge in [0.15, 0.2) is 0 Å². The van der Waals surface area contributed by atoms with Gasteiger partial charge in [-0.15, -0.1) is 0 Å². The van der Waals surface area contributed by atoms with Gasteiger partial charge >= 0.3 is 0 Å². The minimum absolute atomic E-state index is 0.893. The maximum atomic E-state index is 6.41. The summed E-state index contributed by atoms with van der Waals surface area (Å²) in [6.07, 6.45) is 0. The van der Waals surface area contributed by atoms with Crippen LogP contribution in [-0.2, 0) is 0 Å². The monoisotopic (exact) mass is 712 g/mol. The zero-order chi connectivity index (χ0) is 36.7. The zero-order valence-electron chi connectivity index (χ0n) is 30.3. The molecule has 0 unspecified atom stereocenters. The second kappa shape index (κ2) is 12.0. The molecule has 0 N–H and O–H groups in total. The summed E-state index contributed by atoms with van der Waals surface area (Å²) in [5.41, 5.74) is 13.1. The summed E-state index contributed by atoms with van der Waals surface area (Å²) in [7, 11) is 0. The topological polar surface area (TPSA) is 26.3 Å². The van der Waals surface area contributed by atoms with Crippen molar-refractivity contribution in [3.8, 4) is 44.5 Å². The molecule has 0 aliphatic carbocycles. The van der Waals surface area contributed by atoms with E-state index < -0.39 is 0 Å². The van der Waals surface area contributed by atoms with Crippen molar-refractivity contribution in [1.82, 2.24) is 0 Å². The van der Waals surface area contributed by atoms with E-state index in [0.29, 0.717) is 0 Å². The predicted octanol–water partition coefficient (Wildman–Crippen LogP) is 15.6. The fourth-order valence-corrected chi connectivity index (χ4v) is 9.16. The molecule has 0 atom stereocenters. The summed E-state index contributed by atoms with van der Waals surface area (Å²) in [5, 5.41) is 11.8. The predicted molar refractivity (Wildman–Crippen MR) is 235 cm³/mol. The van der Waals surface area contributed by atoms with Crippen LogP contribution in [0.5, 0.6) is 0 Å². The molecule has 0 fully saturated rings. The lowest BCUT2D eigenvalue weighted by Gasteiger charge is -2.18. The molecule has 2 heterocycles. The van der Waals surface area contributed by atoms with E-state index in [1.807, 2.05) is 12.1 Å².